The molecule has 9 heavy (non-hydrogen) atoms. The minimum atomic E-state index is -3.30. The molecule has 0 fully saturated rings. The summed E-state index contributed by atoms with van der Waals surface area (Å²) in [4.78, 5) is 0. The predicted molar refractivity (Wildman–Crippen MR) is 32.0 cm³/mol. The van der Waals surface area contributed by atoms with Gasteiger partial charge in [-0.15, -0.1) is 0 Å². The van der Waals surface area contributed by atoms with E-state index < -0.39 is 22.4 Å². The topological polar surface area (TPSA) is 0 Å². The standard InChI is InChI=1S/C3H4F4P2/c1-3(9(6)7)2-8(4)5/h2H,1H3/b3-2+. The first-order valence-corrected chi connectivity index (χ1v) is 4.26. The van der Waals surface area contributed by atoms with E-state index in [9.17, 15) is 16.8 Å². The second-order valence-electron chi connectivity index (χ2n) is 1.26. The molecule has 0 aliphatic carbocycles. The van der Waals surface area contributed by atoms with E-state index in [1.54, 1.807) is 0 Å². The fourth-order valence-electron chi connectivity index (χ4n) is 0.185. The van der Waals surface area contributed by atoms with Crippen molar-refractivity contribution in [3.63, 3.8) is 0 Å². The van der Waals surface area contributed by atoms with Gasteiger partial charge in [0.25, 0.3) is 17.1 Å². The molecule has 0 radical (unpaired) electrons. The molecule has 0 heterocycles. The molecule has 0 aromatic rings. The van der Waals surface area contributed by atoms with E-state index in [4.69, 9.17) is 0 Å². The van der Waals surface area contributed by atoms with E-state index in [-0.39, 0.29) is 0 Å². The summed E-state index contributed by atoms with van der Waals surface area (Å²) in [5.41, 5.74) is 0. The van der Waals surface area contributed by atoms with Crippen molar-refractivity contribution in [1.29, 1.82) is 0 Å². The van der Waals surface area contributed by atoms with Crippen LogP contribution in [0.2, 0.25) is 0 Å². The van der Waals surface area contributed by atoms with Crippen LogP contribution in [-0.2, 0) is 0 Å². The highest BCUT2D eigenvalue weighted by Crippen LogP contribution is 2.52. The Hall–Kier alpha value is 0.320. The lowest BCUT2D eigenvalue weighted by Crippen LogP contribution is -1.59. The molecule has 0 rings (SSSR count). The molecule has 0 aliphatic heterocycles. The molecule has 6 heteroatoms. The summed E-state index contributed by atoms with van der Waals surface area (Å²) >= 11 is 0. The van der Waals surface area contributed by atoms with Crippen LogP contribution in [0.5, 0.6) is 0 Å². The first-order chi connectivity index (χ1) is 4.04. The molecule has 0 aliphatic rings. The number of rotatable bonds is 2. The Bertz CT molecular complexity index is 110. The van der Waals surface area contributed by atoms with Gasteiger partial charge in [-0.1, -0.05) is 0 Å². The van der Waals surface area contributed by atoms with E-state index in [1.807, 2.05) is 0 Å². The van der Waals surface area contributed by atoms with Gasteiger partial charge in [0.2, 0.25) is 0 Å². The molecule has 0 spiro atoms. The van der Waals surface area contributed by atoms with Crippen LogP contribution in [0.3, 0.4) is 0 Å². The van der Waals surface area contributed by atoms with Crippen molar-refractivity contribution in [3.8, 4) is 0 Å². The van der Waals surface area contributed by atoms with Crippen LogP contribution in [-0.4, -0.2) is 0 Å². The highest BCUT2D eigenvalue weighted by Gasteiger charge is 2.09. The van der Waals surface area contributed by atoms with Gasteiger partial charge in [0.15, 0.2) is 0 Å². The van der Waals surface area contributed by atoms with Crippen molar-refractivity contribution in [3.05, 3.63) is 11.1 Å². The highest BCUT2D eigenvalue weighted by atomic mass is 31.2. The lowest BCUT2D eigenvalue weighted by atomic mass is 10.8. The molecule has 0 saturated heterocycles. The number of allylic oxidation sites excluding steroid dienone is 1. The largest absolute Gasteiger partial charge is 0.293 e. The second kappa shape index (κ2) is 4.19. The van der Waals surface area contributed by atoms with E-state index in [0.717, 1.165) is 6.92 Å². The minimum Gasteiger partial charge on any atom is -0.184 e. The lowest BCUT2D eigenvalue weighted by Gasteiger charge is -1.93. The van der Waals surface area contributed by atoms with Gasteiger partial charge in [-0.2, -0.15) is 16.8 Å². The zero-order valence-corrected chi connectivity index (χ0v) is 6.27. The Kier molecular flexibility index (Phi) is 4.33. The average molecular weight is 178 g/mol. The number of hydrogen-bond acceptors (Lipinski definition) is 0. The van der Waals surface area contributed by atoms with Gasteiger partial charge in [0.1, 0.15) is 0 Å². The number of halogens is 4. The van der Waals surface area contributed by atoms with Crippen molar-refractivity contribution in [2.24, 2.45) is 0 Å². The molecule has 54 valence electrons. The molecule has 0 N–H and O–H groups in total. The van der Waals surface area contributed by atoms with Crippen LogP contribution >= 0.6 is 17.1 Å². The van der Waals surface area contributed by atoms with E-state index in [2.05, 4.69) is 0 Å². The van der Waals surface area contributed by atoms with Crippen molar-refractivity contribution < 1.29 is 16.8 Å². The summed E-state index contributed by atoms with van der Waals surface area (Å²) < 4.78 is 45.5. The molecule has 0 aromatic heterocycles. The Balaban J connectivity index is 3.84. The van der Waals surface area contributed by atoms with Crippen molar-refractivity contribution in [1.82, 2.24) is 0 Å². The lowest BCUT2D eigenvalue weighted by molar-refractivity contribution is 0.750. The van der Waals surface area contributed by atoms with E-state index >= 15 is 0 Å². The molecule has 0 bridgehead atoms. The van der Waals surface area contributed by atoms with Gasteiger partial charge in [-0.3, -0.25) is 0 Å². The van der Waals surface area contributed by atoms with Gasteiger partial charge in [-0.25, -0.2) is 0 Å². The minimum absolute atomic E-state index is 0.334. The summed E-state index contributed by atoms with van der Waals surface area (Å²) in [6.07, 6.45) is 0. The zero-order chi connectivity index (χ0) is 7.44. The van der Waals surface area contributed by atoms with Crippen molar-refractivity contribution in [2.45, 2.75) is 6.92 Å². The third-order valence-corrected chi connectivity index (χ3v) is 2.00. The summed E-state index contributed by atoms with van der Waals surface area (Å²) in [6.45, 7) is 1.01. The van der Waals surface area contributed by atoms with Crippen LogP contribution in [0.4, 0.5) is 16.8 Å². The zero-order valence-electron chi connectivity index (χ0n) is 4.48. The number of hydrogen-bond donors (Lipinski definition) is 0. The highest BCUT2D eigenvalue weighted by molar-refractivity contribution is 7.54. The quantitative estimate of drug-likeness (QED) is 0.435. The fourth-order valence-corrected chi connectivity index (χ4v) is 1.08. The van der Waals surface area contributed by atoms with Crippen LogP contribution in [0.1, 0.15) is 6.92 Å². The molecule has 0 atom stereocenters. The van der Waals surface area contributed by atoms with Gasteiger partial charge >= 0.3 is 0 Å². The normalized spacial score (nSPS) is 13.4. The van der Waals surface area contributed by atoms with E-state index in [0.29, 0.717) is 5.82 Å². The smallest absolute Gasteiger partial charge is 0.184 e. The van der Waals surface area contributed by atoms with Gasteiger partial charge in [0.05, 0.1) is 0 Å². The third-order valence-electron chi connectivity index (χ3n) is 0.551. The maximum Gasteiger partial charge on any atom is 0.293 e. The first kappa shape index (κ1) is 9.32. The molecular weight excluding hydrogens is 174 g/mol. The predicted octanol–water partition coefficient (Wildman–Crippen LogP) is 4.35. The second-order valence-corrected chi connectivity index (χ2v) is 3.21. The Morgan fingerprint density at radius 1 is 1.22 bits per heavy atom. The average Bonchev–Trinajstić information content (AvgIpc) is 1.63. The Labute approximate surface area is 52.9 Å². The molecule has 0 unspecified atom stereocenters. The van der Waals surface area contributed by atoms with Gasteiger partial charge in [-0.05, 0) is 6.92 Å². The van der Waals surface area contributed by atoms with Crippen LogP contribution in [0.15, 0.2) is 11.1 Å². The fraction of sp³-hybridized carbons (Fsp3) is 0.333. The SMILES string of the molecule is C/C(=C\P(F)F)P(F)F. The Morgan fingerprint density at radius 3 is 1.78 bits per heavy atom. The molecular formula is C3H4F4P2. The molecule has 0 aromatic carbocycles. The maximum atomic E-state index is 11.5. The summed E-state index contributed by atoms with van der Waals surface area (Å²) in [5.74, 6) is 0.334. The molecule has 0 saturated carbocycles. The monoisotopic (exact) mass is 178 g/mol. The van der Waals surface area contributed by atoms with Crippen LogP contribution in [0.25, 0.3) is 0 Å². The molecule has 0 nitrogen and oxygen atoms in total. The van der Waals surface area contributed by atoms with E-state index in [1.165, 1.54) is 0 Å². The van der Waals surface area contributed by atoms with Crippen molar-refractivity contribution in [2.75, 3.05) is 0 Å². The third kappa shape index (κ3) is 4.80. The van der Waals surface area contributed by atoms with Crippen LogP contribution in [0, 0.1) is 0 Å². The summed E-state index contributed by atoms with van der Waals surface area (Å²) in [6, 6.07) is 0. The summed E-state index contributed by atoms with van der Waals surface area (Å²) in [7, 11) is -6.60. The Morgan fingerprint density at radius 2 is 1.67 bits per heavy atom. The van der Waals surface area contributed by atoms with Crippen LogP contribution < -0.4 is 0 Å². The first-order valence-electron chi connectivity index (χ1n) is 1.95. The van der Waals surface area contributed by atoms with Crippen molar-refractivity contribution >= 4 is 17.1 Å². The van der Waals surface area contributed by atoms with Gasteiger partial charge < -0.3 is 0 Å². The molecule has 0 amide bonds. The van der Waals surface area contributed by atoms with Gasteiger partial charge in [0, 0.05) is 11.1 Å². The maximum absolute atomic E-state index is 11.5. The summed E-state index contributed by atoms with van der Waals surface area (Å²) in [5, 5.41) is -0.485.